The van der Waals surface area contributed by atoms with Crippen molar-refractivity contribution in [3.63, 3.8) is 0 Å². The zero-order valence-corrected chi connectivity index (χ0v) is 19.8. The van der Waals surface area contributed by atoms with E-state index in [1.807, 2.05) is 57.2 Å². The maximum absolute atomic E-state index is 12.9. The summed E-state index contributed by atoms with van der Waals surface area (Å²) in [7, 11) is 0. The van der Waals surface area contributed by atoms with Crippen LogP contribution < -0.4 is 15.4 Å². The van der Waals surface area contributed by atoms with Crippen LogP contribution in [0.4, 0.5) is 0 Å². The maximum Gasteiger partial charge on any atom is 0.258 e. The number of amides is 2. The molecule has 1 aliphatic carbocycles. The van der Waals surface area contributed by atoms with Crippen molar-refractivity contribution in [1.82, 2.24) is 20.8 Å². The van der Waals surface area contributed by atoms with E-state index in [4.69, 9.17) is 9.26 Å². The molecular formula is C26H30N4O4. The van der Waals surface area contributed by atoms with Gasteiger partial charge in [0, 0.05) is 18.0 Å². The first kappa shape index (κ1) is 23.5. The van der Waals surface area contributed by atoms with Crippen molar-refractivity contribution >= 4 is 11.8 Å². The van der Waals surface area contributed by atoms with Crippen LogP contribution in [0.15, 0.2) is 53.1 Å². The topological polar surface area (TPSA) is 106 Å². The van der Waals surface area contributed by atoms with Crippen LogP contribution in [0.1, 0.15) is 55.4 Å². The van der Waals surface area contributed by atoms with Gasteiger partial charge in [-0.15, -0.1) is 0 Å². The molecule has 8 nitrogen and oxygen atoms in total. The molecule has 1 aliphatic rings. The average molecular weight is 463 g/mol. The van der Waals surface area contributed by atoms with Gasteiger partial charge in [0.2, 0.25) is 0 Å². The maximum atomic E-state index is 12.9. The Morgan fingerprint density at radius 3 is 2.50 bits per heavy atom. The number of rotatable bonds is 9. The number of hydrogen-bond donors (Lipinski definition) is 2. The summed E-state index contributed by atoms with van der Waals surface area (Å²) in [6, 6.07) is 15.1. The van der Waals surface area contributed by atoms with Crippen molar-refractivity contribution in [1.29, 1.82) is 0 Å². The van der Waals surface area contributed by atoms with Gasteiger partial charge in [0.15, 0.2) is 12.4 Å². The lowest BCUT2D eigenvalue weighted by Crippen LogP contribution is -2.30. The van der Waals surface area contributed by atoms with Gasteiger partial charge in [-0.05, 0) is 49.1 Å². The predicted molar refractivity (Wildman–Crippen MR) is 128 cm³/mol. The highest BCUT2D eigenvalue weighted by atomic mass is 16.5. The van der Waals surface area contributed by atoms with Gasteiger partial charge in [-0.1, -0.05) is 50.2 Å². The van der Waals surface area contributed by atoms with Crippen LogP contribution in [-0.2, 0) is 16.6 Å². The molecule has 1 saturated carbocycles. The fourth-order valence-electron chi connectivity index (χ4n) is 3.32. The number of carbonyl (C=O) groups is 2. The zero-order chi connectivity index (χ0) is 24.1. The smallest absolute Gasteiger partial charge is 0.258 e. The minimum atomic E-state index is -0.247. The molecule has 0 atom stereocenters. The summed E-state index contributed by atoms with van der Waals surface area (Å²) < 4.78 is 11.0. The first-order chi connectivity index (χ1) is 16.3. The number of nitrogens with one attached hydrogen (secondary N) is 2. The molecule has 0 saturated heterocycles. The minimum Gasteiger partial charge on any atom is -0.484 e. The largest absolute Gasteiger partial charge is 0.484 e. The Labute approximate surface area is 199 Å². The molecule has 4 rings (SSSR count). The molecular weight excluding hydrogens is 432 g/mol. The average Bonchev–Trinajstić information content (AvgIpc) is 3.47. The Balaban J connectivity index is 1.29. The molecule has 2 aromatic carbocycles. The van der Waals surface area contributed by atoms with Crippen molar-refractivity contribution in [2.75, 3.05) is 13.2 Å². The second-order valence-electron chi connectivity index (χ2n) is 9.50. The number of nitrogens with zero attached hydrogens (tertiary/aromatic N) is 2. The fraction of sp³-hybridized carbons (Fsp3) is 0.385. The molecule has 0 spiro atoms. The molecule has 1 heterocycles. The number of aromatic nitrogens is 2. The van der Waals surface area contributed by atoms with Gasteiger partial charge >= 0.3 is 0 Å². The standard InChI is InChI=1S/C26H30N4O4/c1-26(2,3)25-29-24(34-30-25)21-7-5-4-6-20(21)23(32)27-15-14-17-8-12-19(13-9-17)33-16-22(31)28-18-10-11-18/h4-9,12-13,18H,10-11,14-16H2,1-3H3,(H,27,32)(H,28,31). The van der Waals surface area contributed by atoms with Gasteiger partial charge in [0.25, 0.3) is 17.7 Å². The van der Waals surface area contributed by atoms with Crippen LogP contribution in [0.2, 0.25) is 0 Å². The van der Waals surface area contributed by atoms with E-state index in [0.29, 0.717) is 47.6 Å². The van der Waals surface area contributed by atoms with Crippen LogP contribution in [0.3, 0.4) is 0 Å². The number of ether oxygens (including phenoxy) is 1. The van der Waals surface area contributed by atoms with Crippen molar-refractivity contribution in [2.45, 2.75) is 51.5 Å². The summed E-state index contributed by atoms with van der Waals surface area (Å²) in [5.41, 5.74) is 1.90. The zero-order valence-electron chi connectivity index (χ0n) is 19.8. The Bertz CT molecular complexity index is 1140. The van der Waals surface area contributed by atoms with E-state index in [9.17, 15) is 9.59 Å². The highest BCUT2D eigenvalue weighted by Gasteiger charge is 2.24. The Hall–Kier alpha value is -3.68. The van der Waals surface area contributed by atoms with Gasteiger partial charge < -0.3 is 19.9 Å². The van der Waals surface area contributed by atoms with Crippen LogP contribution in [0.25, 0.3) is 11.5 Å². The Morgan fingerprint density at radius 1 is 1.09 bits per heavy atom. The lowest BCUT2D eigenvalue weighted by molar-refractivity contribution is -0.123. The van der Waals surface area contributed by atoms with E-state index < -0.39 is 0 Å². The minimum absolute atomic E-state index is 0.0165. The van der Waals surface area contributed by atoms with Crippen LogP contribution in [-0.4, -0.2) is 41.1 Å². The van der Waals surface area contributed by atoms with E-state index in [1.165, 1.54) is 0 Å². The molecule has 34 heavy (non-hydrogen) atoms. The lowest BCUT2D eigenvalue weighted by Gasteiger charge is -2.11. The van der Waals surface area contributed by atoms with Crippen molar-refractivity contribution in [3.05, 3.63) is 65.5 Å². The molecule has 0 aliphatic heterocycles. The monoisotopic (exact) mass is 462 g/mol. The van der Waals surface area contributed by atoms with Gasteiger partial charge in [0.1, 0.15) is 5.75 Å². The molecule has 3 aromatic rings. The first-order valence-corrected chi connectivity index (χ1v) is 11.5. The van der Waals surface area contributed by atoms with E-state index in [-0.39, 0.29) is 23.8 Å². The van der Waals surface area contributed by atoms with Crippen LogP contribution in [0.5, 0.6) is 5.75 Å². The Kier molecular flexibility index (Phi) is 6.95. The van der Waals surface area contributed by atoms with E-state index in [0.717, 1.165) is 18.4 Å². The third-order valence-electron chi connectivity index (χ3n) is 5.43. The number of carbonyl (C=O) groups excluding carboxylic acids is 2. The highest BCUT2D eigenvalue weighted by molar-refractivity contribution is 5.99. The van der Waals surface area contributed by atoms with Crippen molar-refractivity contribution in [3.8, 4) is 17.2 Å². The Morgan fingerprint density at radius 2 is 1.82 bits per heavy atom. The molecule has 178 valence electrons. The van der Waals surface area contributed by atoms with E-state index >= 15 is 0 Å². The molecule has 0 unspecified atom stereocenters. The van der Waals surface area contributed by atoms with Crippen LogP contribution in [0, 0.1) is 0 Å². The summed E-state index contributed by atoms with van der Waals surface area (Å²) in [6.45, 7) is 6.50. The predicted octanol–water partition coefficient (Wildman–Crippen LogP) is 3.66. The SMILES string of the molecule is CC(C)(C)c1noc(-c2ccccc2C(=O)NCCc2ccc(OCC(=O)NC3CC3)cc2)n1. The van der Waals surface area contributed by atoms with Gasteiger partial charge in [-0.25, -0.2) is 0 Å². The number of hydrogen-bond acceptors (Lipinski definition) is 6. The highest BCUT2D eigenvalue weighted by Crippen LogP contribution is 2.26. The second kappa shape index (κ2) is 10.1. The van der Waals surface area contributed by atoms with Crippen molar-refractivity contribution < 1.29 is 18.8 Å². The summed E-state index contributed by atoms with van der Waals surface area (Å²) in [5.74, 6) is 1.27. The molecule has 1 fully saturated rings. The summed E-state index contributed by atoms with van der Waals surface area (Å²) >= 11 is 0. The summed E-state index contributed by atoms with van der Waals surface area (Å²) in [5, 5.41) is 9.91. The van der Waals surface area contributed by atoms with E-state index in [2.05, 4.69) is 20.8 Å². The van der Waals surface area contributed by atoms with Gasteiger partial charge in [0.05, 0.1) is 11.1 Å². The normalized spacial score (nSPS) is 13.4. The summed E-state index contributed by atoms with van der Waals surface area (Å²) in [6.07, 6.45) is 2.76. The molecule has 2 amide bonds. The van der Waals surface area contributed by atoms with E-state index in [1.54, 1.807) is 12.1 Å². The third kappa shape index (κ3) is 6.21. The molecule has 8 heteroatoms. The van der Waals surface area contributed by atoms with Crippen LogP contribution >= 0.6 is 0 Å². The van der Waals surface area contributed by atoms with Crippen molar-refractivity contribution in [2.24, 2.45) is 0 Å². The quantitative estimate of drug-likeness (QED) is 0.503. The third-order valence-corrected chi connectivity index (χ3v) is 5.43. The van der Waals surface area contributed by atoms with Gasteiger partial charge in [-0.2, -0.15) is 4.98 Å². The molecule has 0 radical (unpaired) electrons. The second-order valence-corrected chi connectivity index (χ2v) is 9.50. The molecule has 0 bridgehead atoms. The number of benzene rings is 2. The first-order valence-electron chi connectivity index (χ1n) is 11.5. The lowest BCUT2D eigenvalue weighted by atomic mass is 9.96. The molecule has 2 N–H and O–H groups in total. The summed E-state index contributed by atoms with van der Waals surface area (Å²) in [4.78, 5) is 29.1. The molecule has 1 aromatic heterocycles. The van der Waals surface area contributed by atoms with Gasteiger partial charge in [-0.3, -0.25) is 9.59 Å². The fourth-order valence-corrected chi connectivity index (χ4v) is 3.32.